The molecule has 1 heterocycles. The number of halogens is 3. The Balaban J connectivity index is 1.72. The normalized spacial score (nSPS) is 11.8. The lowest BCUT2D eigenvalue weighted by atomic mass is 10.1. The van der Waals surface area contributed by atoms with E-state index < -0.39 is 11.7 Å². The van der Waals surface area contributed by atoms with Gasteiger partial charge >= 0.3 is 6.18 Å². The highest BCUT2D eigenvalue weighted by atomic mass is 32.2. The Morgan fingerprint density at radius 1 is 0.800 bits per heavy atom. The maximum Gasteiger partial charge on any atom is 0.416 e. The van der Waals surface area contributed by atoms with E-state index in [-0.39, 0.29) is 0 Å². The molecule has 0 bridgehead atoms. The van der Waals surface area contributed by atoms with Crippen molar-refractivity contribution in [3.63, 3.8) is 0 Å². The highest BCUT2D eigenvalue weighted by Crippen LogP contribution is 2.29. The molecule has 0 saturated carbocycles. The first-order valence-electron chi connectivity index (χ1n) is 7.55. The second-order valence-corrected chi connectivity index (χ2v) is 6.39. The van der Waals surface area contributed by atoms with Crippen LogP contribution < -0.4 is 0 Å². The number of hydrogen-bond donors (Lipinski definition) is 0. The molecule has 0 saturated heterocycles. The Morgan fingerprint density at radius 3 is 2.24 bits per heavy atom. The van der Waals surface area contributed by atoms with Gasteiger partial charge in [0.2, 0.25) is 0 Å². The molecule has 0 aliphatic carbocycles. The van der Waals surface area contributed by atoms with E-state index in [0.717, 1.165) is 33.2 Å². The quantitative estimate of drug-likeness (QED) is 0.500. The van der Waals surface area contributed by atoms with Gasteiger partial charge in [-0.2, -0.15) is 13.2 Å². The summed E-state index contributed by atoms with van der Waals surface area (Å²) >= 11 is 1.56. The Bertz CT molecular complexity index is 856. The Morgan fingerprint density at radius 2 is 1.56 bits per heavy atom. The smallest absolute Gasteiger partial charge is 0.250 e. The zero-order valence-electron chi connectivity index (χ0n) is 13.1. The summed E-state index contributed by atoms with van der Waals surface area (Å²) in [5.41, 5.74) is 1.05. The lowest BCUT2D eigenvalue weighted by Crippen LogP contribution is -2.03. The molecule has 0 unspecified atom stereocenters. The van der Waals surface area contributed by atoms with Crippen molar-refractivity contribution in [2.24, 2.45) is 0 Å². The van der Waals surface area contributed by atoms with Crippen LogP contribution in [0.1, 0.15) is 16.7 Å². The summed E-state index contributed by atoms with van der Waals surface area (Å²) in [7, 11) is 0. The van der Waals surface area contributed by atoms with E-state index in [1.165, 1.54) is 12.1 Å². The predicted octanol–water partition coefficient (Wildman–Crippen LogP) is 6.42. The van der Waals surface area contributed by atoms with Crippen LogP contribution in [0.2, 0.25) is 0 Å². The largest absolute Gasteiger partial charge is 0.416 e. The molecule has 5 heteroatoms. The molecular formula is C20H14F3NS. The van der Waals surface area contributed by atoms with Crippen molar-refractivity contribution < 1.29 is 13.2 Å². The number of alkyl halides is 3. The Labute approximate surface area is 148 Å². The van der Waals surface area contributed by atoms with Crippen LogP contribution in [0.15, 0.2) is 82.8 Å². The van der Waals surface area contributed by atoms with Gasteiger partial charge in [0.1, 0.15) is 5.03 Å². The molecule has 0 amide bonds. The molecule has 0 radical (unpaired) electrons. The molecule has 3 aromatic rings. The van der Waals surface area contributed by atoms with Crippen LogP contribution in [0.4, 0.5) is 13.2 Å². The second-order valence-electron chi connectivity index (χ2n) is 5.30. The molecular weight excluding hydrogens is 343 g/mol. The first kappa shape index (κ1) is 17.3. The fourth-order valence-electron chi connectivity index (χ4n) is 2.19. The highest BCUT2D eigenvalue weighted by Gasteiger charge is 2.29. The van der Waals surface area contributed by atoms with Gasteiger partial charge in [-0.3, -0.25) is 0 Å². The number of hydrogen-bond acceptors (Lipinski definition) is 2. The van der Waals surface area contributed by atoms with Crippen molar-refractivity contribution in [2.75, 3.05) is 0 Å². The first-order chi connectivity index (χ1) is 12.0. The molecule has 0 fully saturated rings. The molecule has 0 atom stereocenters. The van der Waals surface area contributed by atoms with Crippen molar-refractivity contribution in [3.05, 3.63) is 89.6 Å². The molecule has 0 N–H and O–H groups in total. The van der Waals surface area contributed by atoms with Gasteiger partial charge in [-0.1, -0.05) is 54.2 Å². The van der Waals surface area contributed by atoms with Gasteiger partial charge < -0.3 is 0 Å². The van der Waals surface area contributed by atoms with Crippen LogP contribution in [0, 0.1) is 0 Å². The van der Waals surface area contributed by atoms with Gasteiger partial charge in [0.05, 0.1) is 5.56 Å². The summed E-state index contributed by atoms with van der Waals surface area (Å²) in [6, 6.07) is 18.7. The zero-order chi connectivity index (χ0) is 17.7. The van der Waals surface area contributed by atoms with E-state index in [1.807, 2.05) is 48.5 Å². The van der Waals surface area contributed by atoms with Crippen LogP contribution in [0.5, 0.6) is 0 Å². The van der Waals surface area contributed by atoms with Crippen molar-refractivity contribution in [1.82, 2.24) is 4.98 Å². The number of nitrogens with zero attached hydrogens (tertiary/aromatic N) is 1. The van der Waals surface area contributed by atoms with Gasteiger partial charge in [0.25, 0.3) is 0 Å². The van der Waals surface area contributed by atoms with Gasteiger partial charge in [0, 0.05) is 11.1 Å². The van der Waals surface area contributed by atoms with Crippen molar-refractivity contribution in [1.29, 1.82) is 0 Å². The van der Waals surface area contributed by atoms with E-state index in [9.17, 15) is 13.2 Å². The topological polar surface area (TPSA) is 12.9 Å². The number of aromatic nitrogens is 1. The van der Waals surface area contributed by atoms with Crippen LogP contribution in [-0.2, 0) is 6.18 Å². The van der Waals surface area contributed by atoms with E-state index >= 15 is 0 Å². The van der Waals surface area contributed by atoms with Crippen molar-refractivity contribution in [2.45, 2.75) is 16.1 Å². The maximum atomic E-state index is 12.6. The summed E-state index contributed by atoms with van der Waals surface area (Å²) < 4.78 is 37.7. The third-order valence-electron chi connectivity index (χ3n) is 3.42. The monoisotopic (exact) mass is 357 g/mol. The lowest BCUT2D eigenvalue weighted by molar-refractivity contribution is -0.137. The number of pyridine rings is 1. The van der Waals surface area contributed by atoms with Crippen LogP contribution >= 0.6 is 11.8 Å². The molecule has 0 aliphatic heterocycles. The summed E-state index contributed by atoms with van der Waals surface area (Å²) in [6.45, 7) is 0. The molecule has 126 valence electrons. The molecule has 0 spiro atoms. The highest BCUT2D eigenvalue weighted by molar-refractivity contribution is 7.99. The second kappa shape index (κ2) is 7.57. The van der Waals surface area contributed by atoms with Gasteiger partial charge in [-0.05, 0) is 47.5 Å². The lowest BCUT2D eigenvalue weighted by Gasteiger charge is -2.06. The molecule has 1 aromatic heterocycles. The fraction of sp³-hybridized carbons (Fsp3) is 0.0500. The molecule has 25 heavy (non-hydrogen) atoms. The number of rotatable bonds is 4. The van der Waals surface area contributed by atoms with E-state index in [4.69, 9.17) is 0 Å². The van der Waals surface area contributed by atoms with Gasteiger partial charge in [0.15, 0.2) is 0 Å². The van der Waals surface area contributed by atoms with Crippen LogP contribution in [0.3, 0.4) is 0 Å². The summed E-state index contributed by atoms with van der Waals surface area (Å²) in [6.07, 6.45) is 1.12. The van der Waals surface area contributed by atoms with Gasteiger partial charge in [-0.15, -0.1) is 0 Å². The summed E-state index contributed by atoms with van der Waals surface area (Å²) in [5.74, 6) is 0. The maximum absolute atomic E-state index is 12.6. The van der Waals surface area contributed by atoms with E-state index in [2.05, 4.69) is 4.98 Å². The molecule has 1 nitrogen and oxygen atoms in total. The predicted molar refractivity (Wildman–Crippen MR) is 95.2 cm³/mol. The fourth-order valence-corrected chi connectivity index (χ4v) is 3.03. The Kier molecular flexibility index (Phi) is 5.24. The van der Waals surface area contributed by atoms with Crippen LogP contribution in [-0.4, -0.2) is 4.98 Å². The van der Waals surface area contributed by atoms with Gasteiger partial charge in [-0.25, -0.2) is 4.98 Å². The van der Waals surface area contributed by atoms with Crippen LogP contribution in [0.25, 0.3) is 12.2 Å². The first-order valence-corrected chi connectivity index (χ1v) is 8.37. The van der Waals surface area contributed by atoms with E-state index in [1.54, 1.807) is 24.0 Å². The third-order valence-corrected chi connectivity index (χ3v) is 4.36. The molecule has 0 aliphatic rings. The minimum atomic E-state index is -4.31. The molecule has 3 rings (SSSR count). The van der Waals surface area contributed by atoms with E-state index in [0.29, 0.717) is 0 Å². The number of benzene rings is 2. The minimum absolute atomic E-state index is 0.640. The zero-order valence-corrected chi connectivity index (χ0v) is 13.9. The summed E-state index contributed by atoms with van der Waals surface area (Å²) in [5, 5.41) is 0.909. The summed E-state index contributed by atoms with van der Waals surface area (Å²) in [4.78, 5) is 5.33. The average Bonchev–Trinajstić information content (AvgIpc) is 2.61. The van der Waals surface area contributed by atoms with Crippen molar-refractivity contribution >= 4 is 23.9 Å². The van der Waals surface area contributed by atoms with Crippen molar-refractivity contribution in [3.8, 4) is 0 Å². The minimum Gasteiger partial charge on any atom is -0.250 e. The third kappa shape index (κ3) is 4.97. The average molecular weight is 357 g/mol. The standard InChI is InChI=1S/C20H14F3NS/c21-20(22,23)17-11-9-15(10-12-17)7-8-16-4-3-5-18(14-16)25-19-6-1-2-13-24-19/h1-14H. The Hall–Kier alpha value is -2.53. The SMILES string of the molecule is FC(F)(F)c1ccc(C=Cc2cccc(Sc3ccccn3)c2)cc1. The molecule has 2 aromatic carbocycles.